The topological polar surface area (TPSA) is 75.6 Å². The summed E-state index contributed by atoms with van der Waals surface area (Å²) in [6.07, 6.45) is 0.127. The second kappa shape index (κ2) is 7.41. The first-order valence-corrected chi connectivity index (χ1v) is 6.18. The molecule has 0 saturated carbocycles. The van der Waals surface area contributed by atoms with Crippen molar-refractivity contribution in [1.29, 1.82) is 0 Å². The summed E-state index contributed by atoms with van der Waals surface area (Å²) in [5, 5.41) is 11.2. The summed E-state index contributed by atoms with van der Waals surface area (Å²) in [5.74, 6) is -0.415. The van der Waals surface area contributed by atoms with E-state index in [1.54, 1.807) is 6.92 Å². The molecule has 0 aliphatic heterocycles. The number of aryl methyl sites for hydroxylation is 1. The average Bonchev–Trinajstić information content (AvgIpc) is 2.30. The molecule has 0 radical (unpaired) electrons. The second-order valence-electron chi connectivity index (χ2n) is 4.48. The first kappa shape index (κ1) is 15.0. The zero-order chi connectivity index (χ0) is 14.3. The lowest BCUT2D eigenvalue weighted by atomic mass is 10.2. The summed E-state index contributed by atoms with van der Waals surface area (Å²) < 4.78 is 5.42. The van der Waals surface area contributed by atoms with Crippen LogP contribution in [0.3, 0.4) is 0 Å². The SMILES string of the molecule is Cc1ccc(OCCC(=O)NC(C)CC(=O)O)cc1. The minimum absolute atomic E-state index is 0.0788. The third-order valence-electron chi connectivity index (χ3n) is 2.51. The third-order valence-corrected chi connectivity index (χ3v) is 2.51. The fraction of sp³-hybridized carbons (Fsp3) is 0.429. The van der Waals surface area contributed by atoms with E-state index in [4.69, 9.17) is 9.84 Å². The standard InChI is InChI=1S/C14H19NO4/c1-10-3-5-12(6-4-10)19-8-7-13(16)15-11(2)9-14(17)18/h3-6,11H,7-9H2,1-2H3,(H,15,16)(H,17,18). The van der Waals surface area contributed by atoms with E-state index in [-0.39, 0.29) is 31.4 Å². The molecule has 1 atom stereocenters. The largest absolute Gasteiger partial charge is 0.493 e. The van der Waals surface area contributed by atoms with Crippen LogP contribution in [-0.4, -0.2) is 29.6 Å². The number of carbonyl (C=O) groups is 2. The lowest BCUT2D eigenvalue weighted by Gasteiger charge is -2.12. The lowest BCUT2D eigenvalue weighted by molar-refractivity contribution is -0.137. The van der Waals surface area contributed by atoms with Crippen LogP contribution >= 0.6 is 0 Å². The third kappa shape index (κ3) is 6.45. The number of carboxylic acids is 1. The number of benzene rings is 1. The van der Waals surface area contributed by atoms with E-state index in [1.165, 1.54) is 0 Å². The number of rotatable bonds is 7. The molecule has 5 nitrogen and oxygen atoms in total. The molecule has 1 aromatic carbocycles. The molecule has 0 bridgehead atoms. The molecule has 104 valence electrons. The van der Waals surface area contributed by atoms with Crippen LogP contribution in [0.4, 0.5) is 0 Å². The minimum atomic E-state index is -0.927. The van der Waals surface area contributed by atoms with Crippen LogP contribution < -0.4 is 10.1 Å². The highest BCUT2D eigenvalue weighted by molar-refractivity contribution is 5.77. The van der Waals surface area contributed by atoms with E-state index in [2.05, 4.69) is 5.32 Å². The Morgan fingerprint density at radius 2 is 1.95 bits per heavy atom. The molecule has 5 heteroatoms. The molecule has 0 heterocycles. The predicted molar refractivity (Wildman–Crippen MR) is 71.1 cm³/mol. The molecule has 0 aromatic heterocycles. The number of ether oxygens (including phenoxy) is 1. The summed E-state index contributed by atoms with van der Waals surface area (Å²) in [6.45, 7) is 3.92. The Morgan fingerprint density at radius 1 is 1.32 bits per heavy atom. The molecule has 19 heavy (non-hydrogen) atoms. The number of aliphatic carboxylic acids is 1. The Kier molecular flexibility index (Phi) is 5.85. The minimum Gasteiger partial charge on any atom is -0.493 e. The average molecular weight is 265 g/mol. The van der Waals surface area contributed by atoms with Gasteiger partial charge >= 0.3 is 5.97 Å². The summed E-state index contributed by atoms with van der Waals surface area (Å²) in [6, 6.07) is 7.19. The number of amides is 1. The Bertz CT molecular complexity index is 428. The number of carboxylic acid groups (broad SMARTS) is 1. The zero-order valence-corrected chi connectivity index (χ0v) is 11.2. The van der Waals surface area contributed by atoms with Crippen LogP contribution in [0.5, 0.6) is 5.75 Å². The zero-order valence-electron chi connectivity index (χ0n) is 11.2. The van der Waals surface area contributed by atoms with Crippen molar-refractivity contribution in [3.8, 4) is 5.75 Å². The highest BCUT2D eigenvalue weighted by Gasteiger charge is 2.10. The molecule has 1 aromatic rings. The van der Waals surface area contributed by atoms with Crippen LogP contribution in [0.25, 0.3) is 0 Å². The van der Waals surface area contributed by atoms with Crippen molar-refractivity contribution in [3.05, 3.63) is 29.8 Å². The Balaban J connectivity index is 2.23. The molecule has 1 rings (SSSR count). The van der Waals surface area contributed by atoms with Crippen LogP contribution in [0.2, 0.25) is 0 Å². The highest BCUT2D eigenvalue weighted by atomic mass is 16.5. The molecule has 1 amide bonds. The maximum Gasteiger partial charge on any atom is 0.305 e. The van der Waals surface area contributed by atoms with Gasteiger partial charge in [-0.15, -0.1) is 0 Å². The monoisotopic (exact) mass is 265 g/mol. The predicted octanol–water partition coefficient (Wildman–Crippen LogP) is 1.74. The summed E-state index contributed by atoms with van der Waals surface area (Å²) in [5.41, 5.74) is 1.15. The van der Waals surface area contributed by atoms with Gasteiger partial charge in [-0.2, -0.15) is 0 Å². The summed E-state index contributed by atoms with van der Waals surface area (Å²) in [7, 11) is 0. The van der Waals surface area contributed by atoms with Gasteiger partial charge in [0.05, 0.1) is 19.4 Å². The van der Waals surface area contributed by atoms with Gasteiger partial charge in [0, 0.05) is 6.04 Å². The van der Waals surface area contributed by atoms with Crippen LogP contribution in [0, 0.1) is 6.92 Å². The van der Waals surface area contributed by atoms with Crippen molar-refractivity contribution in [2.75, 3.05) is 6.61 Å². The van der Waals surface area contributed by atoms with Crippen molar-refractivity contribution in [3.63, 3.8) is 0 Å². The molecule has 0 spiro atoms. The van der Waals surface area contributed by atoms with Gasteiger partial charge < -0.3 is 15.2 Å². The molecule has 0 fully saturated rings. The maximum absolute atomic E-state index is 11.5. The van der Waals surface area contributed by atoms with Gasteiger partial charge in [-0.25, -0.2) is 0 Å². The molecule has 0 saturated heterocycles. The van der Waals surface area contributed by atoms with Gasteiger partial charge in [0.2, 0.25) is 5.91 Å². The molecular weight excluding hydrogens is 246 g/mol. The van der Waals surface area contributed by atoms with E-state index in [1.807, 2.05) is 31.2 Å². The second-order valence-corrected chi connectivity index (χ2v) is 4.48. The van der Waals surface area contributed by atoms with Gasteiger partial charge in [-0.05, 0) is 26.0 Å². The van der Waals surface area contributed by atoms with Crippen molar-refractivity contribution < 1.29 is 19.4 Å². The van der Waals surface area contributed by atoms with Crippen molar-refractivity contribution in [1.82, 2.24) is 5.32 Å². The van der Waals surface area contributed by atoms with Crippen LogP contribution in [0.1, 0.15) is 25.3 Å². The van der Waals surface area contributed by atoms with Gasteiger partial charge in [0.15, 0.2) is 0 Å². The highest BCUT2D eigenvalue weighted by Crippen LogP contribution is 2.11. The van der Waals surface area contributed by atoms with Crippen LogP contribution in [-0.2, 0) is 9.59 Å². The Morgan fingerprint density at radius 3 is 2.53 bits per heavy atom. The van der Waals surface area contributed by atoms with Crippen molar-refractivity contribution in [2.45, 2.75) is 32.7 Å². The quantitative estimate of drug-likeness (QED) is 0.787. The summed E-state index contributed by atoms with van der Waals surface area (Å²) in [4.78, 5) is 21.9. The molecule has 0 aliphatic rings. The summed E-state index contributed by atoms with van der Waals surface area (Å²) >= 11 is 0. The lowest BCUT2D eigenvalue weighted by Crippen LogP contribution is -2.34. The van der Waals surface area contributed by atoms with Gasteiger partial charge in [0.1, 0.15) is 5.75 Å². The number of hydrogen-bond donors (Lipinski definition) is 2. The van der Waals surface area contributed by atoms with E-state index >= 15 is 0 Å². The maximum atomic E-state index is 11.5. The Hall–Kier alpha value is -2.04. The Labute approximate surface area is 112 Å². The fourth-order valence-electron chi connectivity index (χ4n) is 1.56. The van der Waals surface area contributed by atoms with E-state index < -0.39 is 5.97 Å². The van der Waals surface area contributed by atoms with Crippen molar-refractivity contribution >= 4 is 11.9 Å². The van der Waals surface area contributed by atoms with Gasteiger partial charge in [0.25, 0.3) is 0 Å². The number of hydrogen-bond acceptors (Lipinski definition) is 3. The smallest absolute Gasteiger partial charge is 0.305 e. The molecular formula is C14H19NO4. The van der Waals surface area contributed by atoms with E-state index in [9.17, 15) is 9.59 Å². The fourth-order valence-corrected chi connectivity index (χ4v) is 1.56. The normalized spacial score (nSPS) is 11.7. The first-order chi connectivity index (χ1) is 8.97. The van der Waals surface area contributed by atoms with Crippen LogP contribution in [0.15, 0.2) is 24.3 Å². The van der Waals surface area contributed by atoms with E-state index in [0.29, 0.717) is 0 Å². The van der Waals surface area contributed by atoms with E-state index in [0.717, 1.165) is 11.3 Å². The van der Waals surface area contributed by atoms with Gasteiger partial charge in [-0.3, -0.25) is 9.59 Å². The molecule has 1 unspecified atom stereocenters. The number of carbonyl (C=O) groups excluding carboxylic acids is 1. The molecule has 2 N–H and O–H groups in total. The first-order valence-electron chi connectivity index (χ1n) is 6.18. The molecule has 0 aliphatic carbocycles. The number of nitrogens with one attached hydrogen (secondary N) is 1. The van der Waals surface area contributed by atoms with Gasteiger partial charge in [-0.1, -0.05) is 17.7 Å². The van der Waals surface area contributed by atoms with Crippen molar-refractivity contribution in [2.24, 2.45) is 0 Å².